The zero-order valence-corrected chi connectivity index (χ0v) is 11.4. The molecule has 0 aliphatic heterocycles. The molecule has 2 aromatic rings. The third-order valence-electron chi connectivity index (χ3n) is 2.68. The Morgan fingerprint density at radius 1 is 1.47 bits per heavy atom. The summed E-state index contributed by atoms with van der Waals surface area (Å²) in [6.45, 7) is 6.14. The van der Waals surface area contributed by atoms with E-state index in [1.807, 2.05) is 7.05 Å². The van der Waals surface area contributed by atoms with Gasteiger partial charge in [0, 0.05) is 29.7 Å². The Morgan fingerprint density at radius 2 is 2.29 bits per heavy atom. The first-order valence-corrected chi connectivity index (χ1v) is 6.81. The number of aromatic nitrogens is 2. The van der Waals surface area contributed by atoms with E-state index >= 15 is 0 Å². The third kappa shape index (κ3) is 2.96. The first kappa shape index (κ1) is 12.3. The van der Waals surface area contributed by atoms with E-state index in [1.54, 1.807) is 11.3 Å². The number of hydrogen-bond donors (Lipinski definition) is 1. The molecule has 0 fully saturated rings. The second-order valence-corrected chi connectivity index (χ2v) is 5.38. The van der Waals surface area contributed by atoms with Crippen LogP contribution in [0.15, 0.2) is 23.7 Å². The smallest absolute Gasteiger partial charge is 0.0954 e. The largest absolute Gasteiger partial charge is 0.344 e. The highest BCUT2D eigenvalue weighted by Crippen LogP contribution is 2.20. The number of nitrogens with one attached hydrogen (secondary N) is 1. The maximum Gasteiger partial charge on any atom is 0.0954 e. The lowest BCUT2D eigenvalue weighted by atomic mass is 10.2. The highest BCUT2D eigenvalue weighted by atomic mass is 32.1. The van der Waals surface area contributed by atoms with Gasteiger partial charge in [-0.1, -0.05) is 13.8 Å². The van der Waals surface area contributed by atoms with E-state index in [0.717, 1.165) is 18.8 Å². The summed E-state index contributed by atoms with van der Waals surface area (Å²) in [6, 6.07) is 4.23. The highest BCUT2D eigenvalue weighted by molar-refractivity contribution is 7.09. The van der Waals surface area contributed by atoms with Gasteiger partial charge in [0.2, 0.25) is 0 Å². The maximum absolute atomic E-state index is 4.66. The number of rotatable bonds is 5. The fourth-order valence-corrected chi connectivity index (χ4v) is 2.61. The summed E-state index contributed by atoms with van der Waals surface area (Å²) in [6.07, 6.45) is 2.11. The minimum absolute atomic E-state index is 0.523. The van der Waals surface area contributed by atoms with Crippen molar-refractivity contribution in [1.29, 1.82) is 0 Å². The van der Waals surface area contributed by atoms with Crippen LogP contribution in [0.4, 0.5) is 0 Å². The van der Waals surface area contributed by atoms with E-state index < -0.39 is 0 Å². The fraction of sp³-hybridized carbons (Fsp3) is 0.462. The van der Waals surface area contributed by atoms with Crippen LogP contribution in [0, 0.1) is 0 Å². The molecule has 0 aliphatic rings. The van der Waals surface area contributed by atoms with Gasteiger partial charge in [-0.25, -0.2) is 4.98 Å². The molecule has 3 nitrogen and oxygen atoms in total. The maximum atomic E-state index is 4.66. The highest BCUT2D eigenvalue weighted by Gasteiger charge is 2.07. The number of nitrogens with zero attached hydrogens (tertiary/aromatic N) is 2. The van der Waals surface area contributed by atoms with Crippen LogP contribution < -0.4 is 5.32 Å². The monoisotopic (exact) mass is 249 g/mol. The van der Waals surface area contributed by atoms with Gasteiger partial charge in [0.1, 0.15) is 0 Å². The molecule has 2 aromatic heterocycles. The molecule has 92 valence electrons. The first-order chi connectivity index (χ1) is 8.20. The van der Waals surface area contributed by atoms with Gasteiger partial charge in [-0.15, -0.1) is 11.3 Å². The Morgan fingerprint density at radius 3 is 2.94 bits per heavy atom. The summed E-state index contributed by atoms with van der Waals surface area (Å²) in [7, 11) is 1.97. The molecule has 2 heterocycles. The van der Waals surface area contributed by atoms with Gasteiger partial charge < -0.3 is 9.88 Å². The van der Waals surface area contributed by atoms with Crippen molar-refractivity contribution in [2.45, 2.75) is 32.9 Å². The molecule has 0 bridgehead atoms. The summed E-state index contributed by atoms with van der Waals surface area (Å²) in [5.74, 6) is 0.523. The second kappa shape index (κ2) is 5.47. The standard InChI is InChI=1S/C13H19N3S/c1-10(2)13-15-11(9-17-13)8-16-6-4-5-12(16)7-14-3/h4-6,9-10,14H,7-8H2,1-3H3. The van der Waals surface area contributed by atoms with Crippen molar-refractivity contribution in [2.75, 3.05) is 7.05 Å². The summed E-state index contributed by atoms with van der Waals surface area (Å²) >= 11 is 1.76. The van der Waals surface area contributed by atoms with Crippen LogP contribution in [0.25, 0.3) is 0 Å². The van der Waals surface area contributed by atoms with Gasteiger partial charge in [0.25, 0.3) is 0 Å². The zero-order chi connectivity index (χ0) is 12.3. The lowest BCUT2D eigenvalue weighted by molar-refractivity contribution is 0.683. The number of thiazole rings is 1. The van der Waals surface area contributed by atoms with Gasteiger partial charge in [-0.05, 0) is 19.2 Å². The van der Waals surface area contributed by atoms with Crippen molar-refractivity contribution in [3.63, 3.8) is 0 Å². The average molecular weight is 249 g/mol. The molecular formula is C13H19N3S. The van der Waals surface area contributed by atoms with Gasteiger partial charge in [-0.3, -0.25) is 0 Å². The van der Waals surface area contributed by atoms with Crippen LogP contribution in [0.5, 0.6) is 0 Å². The zero-order valence-electron chi connectivity index (χ0n) is 10.6. The van der Waals surface area contributed by atoms with Gasteiger partial charge in [0.05, 0.1) is 17.2 Å². The van der Waals surface area contributed by atoms with Crippen LogP contribution in [0.2, 0.25) is 0 Å². The topological polar surface area (TPSA) is 29.9 Å². The quantitative estimate of drug-likeness (QED) is 0.883. The van der Waals surface area contributed by atoms with Crippen molar-refractivity contribution >= 4 is 11.3 Å². The third-order valence-corrected chi connectivity index (χ3v) is 3.87. The summed E-state index contributed by atoms with van der Waals surface area (Å²) in [5, 5.41) is 6.57. The van der Waals surface area contributed by atoms with Gasteiger partial charge in [0.15, 0.2) is 0 Å². The van der Waals surface area contributed by atoms with Crippen LogP contribution in [-0.4, -0.2) is 16.6 Å². The summed E-state index contributed by atoms with van der Waals surface area (Å²) < 4.78 is 2.25. The van der Waals surface area contributed by atoms with Gasteiger partial charge in [-0.2, -0.15) is 0 Å². The Hall–Kier alpha value is -1.13. The van der Waals surface area contributed by atoms with Crippen LogP contribution in [-0.2, 0) is 13.1 Å². The first-order valence-electron chi connectivity index (χ1n) is 5.93. The molecule has 2 rings (SSSR count). The molecular weight excluding hydrogens is 230 g/mol. The lowest BCUT2D eigenvalue weighted by Crippen LogP contribution is -2.11. The van der Waals surface area contributed by atoms with Crippen molar-refractivity contribution in [2.24, 2.45) is 0 Å². The molecule has 0 aliphatic carbocycles. The molecule has 0 atom stereocenters. The fourth-order valence-electron chi connectivity index (χ4n) is 1.78. The molecule has 0 amide bonds. The molecule has 0 radical (unpaired) electrons. The van der Waals surface area contributed by atoms with Crippen molar-refractivity contribution in [3.8, 4) is 0 Å². The molecule has 0 saturated heterocycles. The Kier molecular flexibility index (Phi) is 3.97. The molecule has 0 aromatic carbocycles. The van der Waals surface area contributed by atoms with E-state index in [1.165, 1.54) is 10.7 Å². The molecule has 17 heavy (non-hydrogen) atoms. The number of hydrogen-bond acceptors (Lipinski definition) is 3. The van der Waals surface area contributed by atoms with Crippen molar-refractivity contribution in [3.05, 3.63) is 40.1 Å². The minimum Gasteiger partial charge on any atom is -0.344 e. The van der Waals surface area contributed by atoms with Crippen molar-refractivity contribution in [1.82, 2.24) is 14.9 Å². The normalized spacial score (nSPS) is 11.3. The Labute approximate surface area is 107 Å². The summed E-state index contributed by atoms with van der Waals surface area (Å²) in [5.41, 5.74) is 2.46. The van der Waals surface area contributed by atoms with Crippen LogP contribution >= 0.6 is 11.3 Å². The van der Waals surface area contributed by atoms with Crippen LogP contribution in [0.3, 0.4) is 0 Å². The van der Waals surface area contributed by atoms with E-state index in [0.29, 0.717) is 5.92 Å². The van der Waals surface area contributed by atoms with Crippen molar-refractivity contribution < 1.29 is 0 Å². The molecule has 4 heteroatoms. The van der Waals surface area contributed by atoms with Crippen LogP contribution in [0.1, 0.15) is 36.2 Å². The average Bonchev–Trinajstić information content (AvgIpc) is 2.90. The predicted molar refractivity (Wildman–Crippen MR) is 72.5 cm³/mol. The van der Waals surface area contributed by atoms with Gasteiger partial charge >= 0.3 is 0 Å². The minimum atomic E-state index is 0.523. The molecule has 1 N–H and O–H groups in total. The van der Waals surface area contributed by atoms with E-state index in [4.69, 9.17) is 0 Å². The predicted octanol–water partition coefficient (Wildman–Crippen LogP) is 2.84. The Bertz CT molecular complexity index is 470. The summed E-state index contributed by atoms with van der Waals surface area (Å²) in [4.78, 5) is 4.66. The SMILES string of the molecule is CNCc1cccn1Cc1csc(C(C)C)n1. The van der Waals surface area contributed by atoms with E-state index in [2.05, 4.69) is 52.4 Å². The van der Waals surface area contributed by atoms with E-state index in [-0.39, 0.29) is 0 Å². The molecule has 0 unspecified atom stereocenters. The molecule has 0 saturated carbocycles. The lowest BCUT2D eigenvalue weighted by Gasteiger charge is -2.07. The molecule has 0 spiro atoms. The second-order valence-electron chi connectivity index (χ2n) is 4.49. The Balaban J connectivity index is 2.11. The van der Waals surface area contributed by atoms with E-state index in [9.17, 15) is 0 Å².